The van der Waals surface area contributed by atoms with E-state index in [0.717, 1.165) is 61.0 Å². The molecule has 2 aromatic carbocycles. The van der Waals surface area contributed by atoms with Gasteiger partial charge in [0.2, 0.25) is 11.8 Å². The lowest BCUT2D eigenvalue weighted by molar-refractivity contribution is -0.117. The summed E-state index contributed by atoms with van der Waals surface area (Å²) in [5.41, 5.74) is 3.16. The largest absolute Gasteiger partial charge is 0.497 e. The Balaban J connectivity index is 1.09. The Morgan fingerprint density at radius 1 is 0.614 bits per heavy atom. The maximum Gasteiger partial charge on any atom is 0.226 e. The van der Waals surface area contributed by atoms with Crippen LogP contribution in [0.15, 0.2) is 47.2 Å². The fourth-order valence-corrected chi connectivity index (χ4v) is 6.03. The van der Waals surface area contributed by atoms with Crippen molar-refractivity contribution in [3.05, 3.63) is 47.2 Å². The van der Waals surface area contributed by atoms with Gasteiger partial charge < -0.3 is 29.6 Å². The Labute approximate surface area is 265 Å². The van der Waals surface area contributed by atoms with E-state index < -0.39 is 0 Å². The van der Waals surface area contributed by atoms with Gasteiger partial charge in [0.15, 0.2) is 10.3 Å². The highest BCUT2D eigenvalue weighted by molar-refractivity contribution is 7.14. The van der Waals surface area contributed by atoms with Gasteiger partial charge in [-0.2, -0.15) is 0 Å². The van der Waals surface area contributed by atoms with Crippen LogP contribution in [0.5, 0.6) is 23.0 Å². The minimum Gasteiger partial charge on any atom is -0.497 e. The summed E-state index contributed by atoms with van der Waals surface area (Å²) in [6.45, 7) is 0. The van der Waals surface area contributed by atoms with Crippen LogP contribution in [0.25, 0.3) is 22.5 Å². The Bertz CT molecular complexity index is 1420. The van der Waals surface area contributed by atoms with Crippen molar-refractivity contribution in [2.45, 2.75) is 51.4 Å². The Kier molecular flexibility index (Phi) is 12.4. The summed E-state index contributed by atoms with van der Waals surface area (Å²) in [6, 6.07) is 11.1. The summed E-state index contributed by atoms with van der Waals surface area (Å²) < 4.78 is 21.4. The molecule has 4 rings (SSSR count). The molecule has 0 fully saturated rings. The van der Waals surface area contributed by atoms with Crippen molar-refractivity contribution < 1.29 is 28.5 Å². The van der Waals surface area contributed by atoms with Crippen molar-refractivity contribution in [2.75, 3.05) is 39.1 Å². The quantitative estimate of drug-likeness (QED) is 0.113. The van der Waals surface area contributed by atoms with Crippen molar-refractivity contribution in [3.8, 4) is 45.5 Å². The third-order valence-electron chi connectivity index (χ3n) is 6.93. The second-order valence-corrected chi connectivity index (χ2v) is 11.6. The molecule has 4 aromatic rings. The highest BCUT2D eigenvalue weighted by Crippen LogP contribution is 2.36. The van der Waals surface area contributed by atoms with E-state index in [4.69, 9.17) is 18.9 Å². The molecule has 0 spiro atoms. The minimum atomic E-state index is -0.0416. The number of nitrogens with zero attached hydrogens (tertiary/aromatic N) is 2. The summed E-state index contributed by atoms with van der Waals surface area (Å²) in [5.74, 6) is 2.64. The number of nitrogens with one attached hydrogen (secondary N) is 2. The third-order valence-corrected chi connectivity index (χ3v) is 8.44. The zero-order chi connectivity index (χ0) is 31.3. The minimum absolute atomic E-state index is 0.0416. The normalized spacial score (nSPS) is 10.7. The van der Waals surface area contributed by atoms with Gasteiger partial charge in [-0.05, 0) is 37.1 Å². The molecule has 0 saturated carbocycles. The fourth-order valence-electron chi connectivity index (χ4n) is 4.57. The molecule has 10 nitrogen and oxygen atoms in total. The first-order chi connectivity index (χ1) is 21.4. The van der Waals surface area contributed by atoms with Crippen LogP contribution < -0.4 is 29.6 Å². The van der Waals surface area contributed by atoms with E-state index in [1.54, 1.807) is 28.4 Å². The van der Waals surface area contributed by atoms with Gasteiger partial charge in [0, 0.05) is 46.9 Å². The highest BCUT2D eigenvalue weighted by Gasteiger charge is 2.14. The first kappa shape index (κ1) is 32.7. The van der Waals surface area contributed by atoms with Crippen LogP contribution in [0.1, 0.15) is 51.4 Å². The number of hydrogen-bond acceptors (Lipinski definition) is 10. The number of benzene rings is 2. The predicted octanol–water partition coefficient (Wildman–Crippen LogP) is 7.67. The average molecular weight is 639 g/mol. The monoisotopic (exact) mass is 638 g/mol. The molecular formula is C32H38N4O6S2. The summed E-state index contributed by atoms with van der Waals surface area (Å²) in [6.07, 6.45) is 6.47. The van der Waals surface area contributed by atoms with Gasteiger partial charge in [-0.25, -0.2) is 9.97 Å². The molecule has 0 aliphatic heterocycles. The molecule has 0 atom stereocenters. The van der Waals surface area contributed by atoms with Gasteiger partial charge in [-0.15, -0.1) is 22.7 Å². The molecule has 12 heteroatoms. The zero-order valence-electron chi connectivity index (χ0n) is 25.4. The number of methoxy groups -OCH3 is 4. The van der Waals surface area contributed by atoms with Gasteiger partial charge in [0.25, 0.3) is 0 Å². The number of carbonyl (C=O) groups excluding carboxylic acids is 2. The molecule has 2 N–H and O–H groups in total. The first-order valence-corrected chi connectivity index (χ1v) is 16.2. The predicted molar refractivity (Wildman–Crippen MR) is 176 cm³/mol. The molecule has 0 bridgehead atoms. The van der Waals surface area contributed by atoms with Gasteiger partial charge in [-0.1, -0.05) is 25.7 Å². The number of aromatic nitrogens is 2. The Morgan fingerprint density at radius 2 is 1.02 bits per heavy atom. The molecule has 2 aromatic heterocycles. The molecule has 0 saturated heterocycles. The second kappa shape index (κ2) is 16.6. The van der Waals surface area contributed by atoms with Gasteiger partial charge in [0.05, 0.1) is 39.8 Å². The summed E-state index contributed by atoms with van der Waals surface area (Å²) in [7, 11) is 6.42. The van der Waals surface area contributed by atoms with Crippen molar-refractivity contribution in [1.29, 1.82) is 0 Å². The van der Waals surface area contributed by atoms with Crippen molar-refractivity contribution in [3.63, 3.8) is 0 Å². The van der Waals surface area contributed by atoms with Crippen molar-refractivity contribution in [2.24, 2.45) is 0 Å². The lowest BCUT2D eigenvalue weighted by atomic mass is 10.1. The van der Waals surface area contributed by atoms with E-state index in [1.807, 2.05) is 47.2 Å². The van der Waals surface area contributed by atoms with E-state index in [2.05, 4.69) is 20.6 Å². The Morgan fingerprint density at radius 3 is 1.41 bits per heavy atom. The molecule has 2 heterocycles. The molecule has 44 heavy (non-hydrogen) atoms. The number of thiazole rings is 2. The van der Waals surface area contributed by atoms with E-state index in [-0.39, 0.29) is 11.8 Å². The topological polar surface area (TPSA) is 121 Å². The van der Waals surface area contributed by atoms with E-state index in [0.29, 0.717) is 46.1 Å². The molecule has 234 valence electrons. The summed E-state index contributed by atoms with van der Waals surface area (Å²) in [5, 5.41) is 10.7. The van der Waals surface area contributed by atoms with E-state index in [9.17, 15) is 9.59 Å². The van der Waals surface area contributed by atoms with Crippen LogP contribution in [0.3, 0.4) is 0 Å². The summed E-state index contributed by atoms with van der Waals surface area (Å²) in [4.78, 5) is 33.9. The van der Waals surface area contributed by atoms with Crippen LogP contribution in [-0.2, 0) is 9.59 Å². The molecule has 0 unspecified atom stereocenters. The average Bonchev–Trinajstić information content (AvgIpc) is 3.71. The molecule has 0 aliphatic carbocycles. The van der Waals surface area contributed by atoms with Gasteiger partial charge in [-0.3, -0.25) is 9.59 Å². The number of amides is 2. The van der Waals surface area contributed by atoms with Crippen LogP contribution in [0.2, 0.25) is 0 Å². The van der Waals surface area contributed by atoms with Crippen LogP contribution in [-0.4, -0.2) is 50.2 Å². The van der Waals surface area contributed by atoms with Crippen LogP contribution >= 0.6 is 22.7 Å². The first-order valence-electron chi connectivity index (χ1n) is 14.4. The van der Waals surface area contributed by atoms with E-state index in [1.165, 1.54) is 22.7 Å². The molecule has 2 amide bonds. The number of carbonyl (C=O) groups is 2. The number of rotatable bonds is 17. The second-order valence-electron chi connectivity index (χ2n) is 9.93. The molecular weight excluding hydrogens is 601 g/mol. The van der Waals surface area contributed by atoms with Crippen LogP contribution in [0.4, 0.5) is 10.3 Å². The van der Waals surface area contributed by atoms with Crippen molar-refractivity contribution >= 4 is 44.8 Å². The van der Waals surface area contributed by atoms with Crippen molar-refractivity contribution in [1.82, 2.24) is 9.97 Å². The van der Waals surface area contributed by atoms with Gasteiger partial charge >= 0.3 is 0 Å². The standard InChI is InChI=1S/C32H38N4O6S2/c1-39-21-13-15-23(27(17-21)41-3)25-19-43-31(33-25)35-29(37)11-9-7-5-6-8-10-12-30(38)36-32-34-26(20-44-32)24-16-14-22(40-2)18-28(24)42-4/h13-20H,5-12H2,1-4H3,(H,33,35,37)(H,34,36,38). The highest BCUT2D eigenvalue weighted by atomic mass is 32.1. The number of unbranched alkanes of at least 4 members (excludes halogenated alkanes) is 5. The molecule has 0 aliphatic rings. The number of hydrogen-bond donors (Lipinski definition) is 2. The van der Waals surface area contributed by atoms with E-state index >= 15 is 0 Å². The SMILES string of the molecule is COc1ccc(-c2csc(NC(=O)CCCCCCCCC(=O)Nc3nc(-c4ccc(OC)cc4OC)cs3)n2)c(OC)c1. The smallest absolute Gasteiger partial charge is 0.226 e. The Hall–Kier alpha value is -4.16. The lowest BCUT2D eigenvalue weighted by Crippen LogP contribution is -2.11. The summed E-state index contributed by atoms with van der Waals surface area (Å²) >= 11 is 2.77. The lowest BCUT2D eigenvalue weighted by Gasteiger charge is -2.08. The fraction of sp³-hybridized carbons (Fsp3) is 0.375. The zero-order valence-corrected chi connectivity index (χ0v) is 27.1. The van der Waals surface area contributed by atoms with Crippen LogP contribution in [0, 0.1) is 0 Å². The maximum atomic E-state index is 12.4. The maximum absolute atomic E-state index is 12.4. The number of ether oxygens (including phenoxy) is 4. The molecule has 0 radical (unpaired) electrons. The third kappa shape index (κ3) is 9.17. The number of anilines is 2. The van der Waals surface area contributed by atoms with Gasteiger partial charge in [0.1, 0.15) is 23.0 Å².